The average molecular weight is 456 g/mol. The molecule has 182 valence electrons. The molecule has 3 aliphatic rings. The first-order chi connectivity index (χ1) is 16.1. The van der Waals surface area contributed by atoms with Crippen LogP contribution in [0.4, 0.5) is 4.79 Å². The van der Waals surface area contributed by atoms with Gasteiger partial charge in [0.05, 0.1) is 0 Å². The predicted octanol–water partition coefficient (Wildman–Crippen LogP) is 6.67. The minimum absolute atomic E-state index is 0.181. The Morgan fingerprint density at radius 1 is 0.970 bits per heavy atom. The van der Waals surface area contributed by atoms with Crippen molar-refractivity contribution in [1.82, 2.24) is 4.90 Å². The Morgan fingerprint density at radius 2 is 1.70 bits per heavy atom. The lowest BCUT2D eigenvalue weighted by Gasteiger charge is -2.56. The zero-order valence-electron chi connectivity index (χ0n) is 20.5. The van der Waals surface area contributed by atoms with Crippen LogP contribution in [-0.4, -0.2) is 36.3 Å². The molecule has 5 unspecified atom stereocenters. The number of amides is 1. The van der Waals surface area contributed by atoms with E-state index in [0.717, 1.165) is 18.8 Å². The smallest absolute Gasteiger partial charge is 0.412 e. The van der Waals surface area contributed by atoms with E-state index in [1.54, 1.807) is 0 Å². The summed E-state index contributed by atoms with van der Waals surface area (Å²) in [5, 5.41) is 0. The quantitative estimate of drug-likeness (QED) is 0.189. The molecule has 0 radical (unpaired) electrons. The Labute approximate surface area is 199 Å². The van der Waals surface area contributed by atoms with Crippen LogP contribution in [0.2, 0.25) is 0 Å². The lowest BCUT2D eigenvalue weighted by molar-refractivity contribution is -0.153. The summed E-state index contributed by atoms with van der Waals surface area (Å²) in [6, 6.07) is 10.9. The van der Waals surface area contributed by atoms with Crippen LogP contribution in [0.5, 0.6) is 0 Å². The molecule has 5 heteroatoms. The topological polar surface area (TPSA) is 55.8 Å². The molecular weight excluding hydrogens is 414 g/mol. The minimum Gasteiger partial charge on any atom is -0.428 e. The predicted molar refractivity (Wildman–Crippen MR) is 129 cm³/mol. The van der Waals surface area contributed by atoms with Crippen LogP contribution in [0.1, 0.15) is 96.0 Å². The van der Waals surface area contributed by atoms with E-state index in [2.05, 4.69) is 37.3 Å². The summed E-state index contributed by atoms with van der Waals surface area (Å²) in [4.78, 5) is 26.9. The van der Waals surface area contributed by atoms with Gasteiger partial charge < -0.3 is 14.4 Å². The van der Waals surface area contributed by atoms with Gasteiger partial charge in [-0.1, -0.05) is 75.8 Å². The highest BCUT2D eigenvalue weighted by molar-refractivity contribution is 5.71. The van der Waals surface area contributed by atoms with Gasteiger partial charge in [0.1, 0.15) is 0 Å². The van der Waals surface area contributed by atoms with Crippen LogP contribution in [0, 0.1) is 17.3 Å². The molecule has 33 heavy (non-hydrogen) atoms. The van der Waals surface area contributed by atoms with Gasteiger partial charge in [-0.05, 0) is 55.4 Å². The number of carbonyl (C=O) groups is 2. The van der Waals surface area contributed by atoms with Gasteiger partial charge in [0, 0.05) is 24.9 Å². The van der Waals surface area contributed by atoms with Gasteiger partial charge in [0.25, 0.3) is 0 Å². The molecule has 1 amide bonds. The highest BCUT2D eigenvalue weighted by atomic mass is 16.7. The first-order valence-electron chi connectivity index (χ1n) is 13.3. The largest absolute Gasteiger partial charge is 0.428 e. The number of nitrogens with zero attached hydrogens (tertiary/aromatic N) is 1. The lowest BCUT2D eigenvalue weighted by atomic mass is 9.55. The monoisotopic (exact) mass is 455 g/mol. The third-order valence-electron chi connectivity index (χ3n) is 8.53. The van der Waals surface area contributed by atoms with E-state index in [4.69, 9.17) is 9.47 Å². The van der Waals surface area contributed by atoms with E-state index in [1.807, 2.05) is 11.8 Å². The summed E-state index contributed by atoms with van der Waals surface area (Å²) in [6.07, 6.45) is 11.9. The van der Waals surface area contributed by atoms with Crippen molar-refractivity contribution >= 4 is 12.1 Å². The van der Waals surface area contributed by atoms with Crippen molar-refractivity contribution in [2.75, 3.05) is 13.3 Å². The van der Waals surface area contributed by atoms with Gasteiger partial charge >= 0.3 is 12.1 Å². The Kier molecular flexibility index (Phi) is 7.98. The maximum Gasteiger partial charge on any atom is 0.412 e. The molecule has 0 aromatic heterocycles. The number of likely N-dealkylation sites (N-methyl/N-ethyl adjacent to an activating group) is 1. The maximum atomic E-state index is 13.0. The molecular formula is C28H41NO4. The van der Waals surface area contributed by atoms with Crippen LogP contribution in [0.25, 0.3) is 0 Å². The summed E-state index contributed by atoms with van der Waals surface area (Å²) in [5.74, 6) is 1.51. The average Bonchev–Trinajstić information content (AvgIpc) is 3.49. The second-order valence-electron chi connectivity index (χ2n) is 10.3. The fraction of sp³-hybridized carbons (Fsp3) is 0.714. The maximum absolute atomic E-state index is 13.0. The second kappa shape index (κ2) is 10.9. The number of ether oxygens (including phenoxy) is 2. The van der Waals surface area contributed by atoms with E-state index in [-0.39, 0.29) is 24.9 Å². The molecule has 1 spiro atoms. The van der Waals surface area contributed by atoms with E-state index in [9.17, 15) is 9.59 Å². The first-order valence-corrected chi connectivity index (χ1v) is 13.3. The normalized spacial score (nSPS) is 28.9. The lowest BCUT2D eigenvalue weighted by Crippen LogP contribution is -2.60. The minimum atomic E-state index is -0.355. The molecule has 0 saturated heterocycles. The molecule has 0 bridgehead atoms. The number of carbonyl (C=O) groups excluding carboxylic acids is 2. The molecule has 3 saturated carbocycles. The third-order valence-corrected chi connectivity index (χ3v) is 8.53. The van der Waals surface area contributed by atoms with Crippen molar-refractivity contribution in [1.29, 1.82) is 0 Å². The van der Waals surface area contributed by atoms with Crippen molar-refractivity contribution in [3.05, 3.63) is 35.9 Å². The number of unbranched alkanes of at least 4 members (excludes halogenated alkanes) is 6. The zero-order valence-corrected chi connectivity index (χ0v) is 20.5. The van der Waals surface area contributed by atoms with Crippen molar-refractivity contribution in [3.8, 4) is 0 Å². The molecule has 1 aromatic rings. The van der Waals surface area contributed by atoms with E-state index >= 15 is 0 Å². The zero-order chi connectivity index (χ0) is 23.3. The summed E-state index contributed by atoms with van der Waals surface area (Å²) >= 11 is 0. The number of benzene rings is 1. The van der Waals surface area contributed by atoms with Crippen LogP contribution >= 0.6 is 0 Å². The van der Waals surface area contributed by atoms with Crippen molar-refractivity contribution in [2.24, 2.45) is 17.3 Å². The van der Waals surface area contributed by atoms with Crippen molar-refractivity contribution in [2.45, 2.75) is 96.4 Å². The van der Waals surface area contributed by atoms with Crippen LogP contribution < -0.4 is 0 Å². The molecule has 3 aliphatic carbocycles. The summed E-state index contributed by atoms with van der Waals surface area (Å²) in [5.41, 5.74) is 1.75. The van der Waals surface area contributed by atoms with Gasteiger partial charge in [0.2, 0.25) is 6.79 Å². The number of rotatable bonds is 13. The van der Waals surface area contributed by atoms with Gasteiger partial charge in [-0.3, -0.25) is 4.79 Å². The first kappa shape index (κ1) is 24.1. The van der Waals surface area contributed by atoms with E-state index in [0.29, 0.717) is 30.2 Å². The number of esters is 1. The molecule has 0 heterocycles. The molecule has 3 fully saturated rings. The van der Waals surface area contributed by atoms with Gasteiger partial charge in [0.15, 0.2) is 0 Å². The van der Waals surface area contributed by atoms with Gasteiger partial charge in [-0.25, -0.2) is 4.79 Å². The molecule has 5 nitrogen and oxygen atoms in total. The highest BCUT2D eigenvalue weighted by Crippen LogP contribution is 2.81. The molecule has 0 aliphatic heterocycles. The Morgan fingerprint density at radius 3 is 2.39 bits per heavy atom. The molecule has 4 rings (SSSR count). The van der Waals surface area contributed by atoms with E-state index < -0.39 is 0 Å². The highest BCUT2D eigenvalue weighted by Gasteiger charge is 2.77. The Bertz CT molecular complexity index is 796. The molecule has 1 aromatic carbocycles. The van der Waals surface area contributed by atoms with Crippen LogP contribution in [0.15, 0.2) is 30.3 Å². The Balaban J connectivity index is 1.23. The number of hydrogen-bond donors (Lipinski definition) is 0. The summed E-state index contributed by atoms with van der Waals surface area (Å²) in [7, 11) is 0. The Hall–Kier alpha value is -2.04. The second-order valence-corrected chi connectivity index (χ2v) is 10.3. The van der Waals surface area contributed by atoms with Crippen molar-refractivity contribution in [3.63, 3.8) is 0 Å². The van der Waals surface area contributed by atoms with Gasteiger partial charge in [-0.15, -0.1) is 0 Å². The SMILES string of the molecule is CCCCCCCCCC(=O)OCOC(=O)N(CC)C1C2CCC3CC32C1c1ccccc1. The summed E-state index contributed by atoms with van der Waals surface area (Å²) in [6.45, 7) is 4.55. The standard InChI is InChI=1S/C28H41NO4/c1-3-5-6-7-8-9-13-16-24(30)32-20-33-27(31)29(4-2)26-23-18-17-22-19-28(22,23)25(26)21-14-11-10-12-15-21/h10-12,14-15,22-23,25-26H,3-9,13,16-20H2,1-2H3. The third kappa shape index (κ3) is 4.93. The number of hydrogen-bond acceptors (Lipinski definition) is 4. The molecule has 0 N–H and O–H groups in total. The van der Waals surface area contributed by atoms with E-state index in [1.165, 1.54) is 56.9 Å². The fourth-order valence-corrected chi connectivity index (χ4v) is 6.93. The summed E-state index contributed by atoms with van der Waals surface area (Å²) < 4.78 is 10.6. The fourth-order valence-electron chi connectivity index (χ4n) is 6.93. The van der Waals surface area contributed by atoms with Crippen LogP contribution in [-0.2, 0) is 14.3 Å². The van der Waals surface area contributed by atoms with Crippen LogP contribution in [0.3, 0.4) is 0 Å². The van der Waals surface area contributed by atoms with Gasteiger partial charge in [-0.2, -0.15) is 0 Å². The van der Waals surface area contributed by atoms with Crippen molar-refractivity contribution < 1.29 is 19.1 Å². The molecule has 5 atom stereocenters.